The molecule has 2 N–H and O–H groups in total. The van der Waals surface area contributed by atoms with Crippen LogP contribution < -0.4 is 0 Å². The van der Waals surface area contributed by atoms with Crippen LogP contribution in [0.1, 0.15) is 0 Å². The highest BCUT2D eigenvalue weighted by molar-refractivity contribution is 6.74. The number of hydrogen-bond donors (Lipinski definition) is 2. The van der Waals surface area contributed by atoms with Crippen molar-refractivity contribution in [3.63, 3.8) is 0 Å². The second-order valence-electron chi connectivity index (χ2n) is 4.49. The Kier molecular flexibility index (Phi) is 5.55. The van der Waals surface area contributed by atoms with Crippen molar-refractivity contribution in [1.82, 2.24) is 0 Å². The predicted molar refractivity (Wildman–Crippen MR) is 51.1 cm³/mol. The van der Waals surface area contributed by atoms with Gasteiger partial charge >= 0.3 is 8.56 Å². The first kappa shape index (κ1) is 13.0. The Morgan fingerprint density at radius 3 is 0.700 bits per heavy atom. The fraction of sp³-hybridized carbons (Fsp3) is 1.00. The maximum absolute atomic E-state index is 8.22. The van der Waals surface area contributed by atoms with Gasteiger partial charge in [-0.2, -0.15) is 0 Å². The van der Waals surface area contributed by atoms with Crippen molar-refractivity contribution in [2.45, 2.75) is 39.3 Å². The quantitative estimate of drug-likeness (QED) is 0.556. The fourth-order valence-corrected chi connectivity index (χ4v) is 0. The first-order valence-electron chi connectivity index (χ1n) is 3.45. The average Bonchev–Trinajstić information content (AvgIpc) is 1.12. The number of hydrogen-bond acceptors (Lipinski definition) is 2. The van der Waals surface area contributed by atoms with Crippen molar-refractivity contribution in [1.29, 1.82) is 0 Å². The normalized spacial score (nSPS) is 12.0. The second kappa shape index (κ2) is 4.28. The van der Waals surface area contributed by atoms with Crippen molar-refractivity contribution in [2.24, 2.45) is 0 Å². The van der Waals surface area contributed by atoms with Crippen molar-refractivity contribution < 1.29 is 9.59 Å². The predicted octanol–water partition coefficient (Wildman–Crippen LogP) is 1.63. The summed E-state index contributed by atoms with van der Waals surface area (Å²) in [5.41, 5.74) is 0. The van der Waals surface area contributed by atoms with E-state index in [0.717, 1.165) is 0 Å². The van der Waals surface area contributed by atoms with Crippen molar-refractivity contribution in [3.8, 4) is 0 Å². The molecule has 64 valence electrons. The highest BCUT2D eigenvalue weighted by Gasteiger charge is 2.08. The highest BCUT2D eigenvalue weighted by atomic mass is 28.4. The van der Waals surface area contributed by atoms with Crippen LogP contribution in [-0.4, -0.2) is 26.2 Å². The van der Waals surface area contributed by atoms with Gasteiger partial charge in [0.1, 0.15) is 0 Å². The largest absolute Gasteiger partial charge is 0.411 e. The lowest BCUT2D eigenvalue weighted by atomic mass is 11.8. The lowest BCUT2D eigenvalue weighted by Crippen LogP contribution is -2.23. The Bertz CT molecular complexity index is 56.7. The Labute approximate surface area is 66.2 Å². The molecule has 2 nitrogen and oxygen atoms in total. The van der Waals surface area contributed by atoms with E-state index >= 15 is 0 Å². The molecule has 0 aromatic rings. The zero-order chi connectivity index (χ0) is 9.00. The third-order valence-electron chi connectivity index (χ3n) is 0. The standard InChI is InChI=1S/C4H12Si.C2H8O2Si/c2*1-5(2,3)4/h1-4H3;3-4H,1-2H3. The zero-order valence-electron chi connectivity index (χ0n) is 7.89. The van der Waals surface area contributed by atoms with Crippen LogP contribution in [0.15, 0.2) is 0 Å². The van der Waals surface area contributed by atoms with Crippen LogP contribution in [0.3, 0.4) is 0 Å². The van der Waals surface area contributed by atoms with Crippen LogP contribution in [-0.2, 0) is 0 Å². The Hall–Kier alpha value is 0.354. The zero-order valence-corrected chi connectivity index (χ0v) is 9.89. The van der Waals surface area contributed by atoms with E-state index in [9.17, 15) is 0 Å². The number of rotatable bonds is 0. The molecule has 0 radical (unpaired) electrons. The van der Waals surface area contributed by atoms with Crippen molar-refractivity contribution in [3.05, 3.63) is 0 Å². The van der Waals surface area contributed by atoms with E-state index in [1.807, 2.05) is 0 Å². The SMILES string of the molecule is C[Si](C)(C)C.C[Si](C)(O)O. The summed E-state index contributed by atoms with van der Waals surface area (Å²) >= 11 is 0. The minimum Gasteiger partial charge on any atom is -0.411 e. The van der Waals surface area contributed by atoms with Gasteiger partial charge in [-0.1, -0.05) is 26.2 Å². The topological polar surface area (TPSA) is 40.5 Å². The Morgan fingerprint density at radius 2 is 0.700 bits per heavy atom. The molecule has 0 saturated heterocycles. The molecule has 0 heterocycles. The van der Waals surface area contributed by atoms with Gasteiger partial charge < -0.3 is 9.59 Å². The smallest absolute Gasteiger partial charge is 0.326 e. The van der Waals surface area contributed by atoms with Gasteiger partial charge in [0.15, 0.2) is 0 Å². The molecule has 0 atom stereocenters. The Morgan fingerprint density at radius 1 is 0.700 bits per heavy atom. The van der Waals surface area contributed by atoms with E-state index < -0.39 is 16.6 Å². The van der Waals surface area contributed by atoms with E-state index in [4.69, 9.17) is 9.59 Å². The molecule has 0 aliphatic carbocycles. The monoisotopic (exact) mass is 180 g/mol. The molecule has 4 heteroatoms. The van der Waals surface area contributed by atoms with Crippen molar-refractivity contribution >= 4 is 16.6 Å². The van der Waals surface area contributed by atoms with Crippen LogP contribution in [0.4, 0.5) is 0 Å². The van der Waals surface area contributed by atoms with E-state index in [0.29, 0.717) is 0 Å². The summed E-state index contributed by atoms with van der Waals surface area (Å²) in [4.78, 5) is 16.4. The molecule has 0 aliphatic heterocycles. The molecule has 0 fully saturated rings. The third-order valence-corrected chi connectivity index (χ3v) is 0. The molecule has 10 heavy (non-hydrogen) atoms. The lowest BCUT2D eigenvalue weighted by molar-refractivity contribution is 0.382. The van der Waals surface area contributed by atoms with E-state index in [2.05, 4.69) is 26.2 Å². The summed E-state index contributed by atoms with van der Waals surface area (Å²) in [6.07, 6.45) is 0. The van der Waals surface area contributed by atoms with Crippen LogP contribution in [0.2, 0.25) is 39.3 Å². The summed E-state index contributed by atoms with van der Waals surface area (Å²) in [5, 5.41) is 0. The molecule has 0 aliphatic rings. The summed E-state index contributed by atoms with van der Waals surface area (Å²) in [6, 6.07) is 0. The van der Waals surface area contributed by atoms with Gasteiger partial charge in [0, 0.05) is 8.07 Å². The fourth-order valence-electron chi connectivity index (χ4n) is 0. The molecular formula is C6H20O2Si2. The van der Waals surface area contributed by atoms with Gasteiger partial charge in [0.05, 0.1) is 0 Å². The molecule has 0 saturated carbocycles. The molecule has 0 unspecified atom stereocenters. The summed E-state index contributed by atoms with van der Waals surface area (Å²) < 4.78 is 0. The maximum Gasteiger partial charge on any atom is 0.326 e. The van der Waals surface area contributed by atoms with Gasteiger partial charge in [0.2, 0.25) is 0 Å². The highest BCUT2D eigenvalue weighted by Crippen LogP contribution is 1.94. The van der Waals surface area contributed by atoms with Gasteiger partial charge in [0.25, 0.3) is 0 Å². The van der Waals surface area contributed by atoms with Gasteiger partial charge in [-0.25, -0.2) is 0 Å². The maximum atomic E-state index is 8.22. The summed E-state index contributed by atoms with van der Waals surface area (Å²) in [7, 11) is -3.22. The van der Waals surface area contributed by atoms with E-state index in [1.165, 1.54) is 13.1 Å². The van der Waals surface area contributed by atoms with Crippen molar-refractivity contribution in [2.75, 3.05) is 0 Å². The van der Waals surface area contributed by atoms with Crippen LogP contribution in [0.25, 0.3) is 0 Å². The van der Waals surface area contributed by atoms with Crippen LogP contribution in [0.5, 0.6) is 0 Å². The molecule has 0 amide bonds. The average molecular weight is 180 g/mol. The van der Waals surface area contributed by atoms with Crippen LogP contribution in [0, 0.1) is 0 Å². The summed E-state index contributed by atoms with van der Waals surface area (Å²) in [5.74, 6) is 0. The molecule has 0 aromatic carbocycles. The first-order valence-corrected chi connectivity index (χ1v) is 10.3. The molecule has 0 aromatic heterocycles. The molecular weight excluding hydrogens is 160 g/mol. The van der Waals surface area contributed by atoms with Gasteiger partial charge in [-0.3, -0.25) is 0 Å². The van der Waals surface area contributed by atoms with E-state index in [1.54, 1.807) is 0 Å². The Balaban J connectivity index is 0. The van der Waals surface area contributed by atoms with Gasteiger partial charge in [-0.15, -0.1) is 0 Å². The third kappa shape index (κ3) is 3610. The molecule has 0 spiro atoms. The van der Waals surface area contributed by atoms with Crippen LogP contribution >= 0.6 is 0 Å². The minimum absolute atomic E-state index is 0.611. The second-order valence-corrected chi connectivity index (χ2v) is 13.5. The molecule has 0 rings (SSSR count). The molecule has 0 bridgehead atoms. The minimum atomic E-state index is -2.61. The lowest BCUT2D eigenvalue weighted by Gasteiger charge is -2.01. The van der Waals surface area contributed by atoms with Gasteiger partial charge in [-0.05, 0) is 13.1 Å². The first-order chi connectivity index (χ1) is 4.00. The summed E-state index contributed by atoms with van der Waals surface area (Å²) in [6.45, 7) is 12.2. The van der Waals surface area contributed by atoms with E-state index in [-0.39, 0.29) is 0 Å².